The summed E-state index contributed by atoms with van der Waals surface area (Å²) in [6, 6.07) is 11.2. The second-order valence-electron chi connectivity index (χ2n) is 9.90. The molecular formula is C29H26F2N8O2S. The van der Waals surface area contributed by atoms with Crippen LogP contribution in [0.5, 0.6) is 0 Å². The molecule has 4 N–H and O–H groups in total. The fraction of sp³-hybridized carbons (Fsp3) is 0.172. The number of sulfonamides is 1. The molecular weight excluding hydrogens is 562 g/mol. The van der Waals surface area contributed by atoms with Gasteiger partial charge in [-0.15, -0.1) is 0 Å². The Morgan fingerprint density at radius 3 is 2.57 bits per heavy atom. The van der Waals surface area contributed by atoms with Crippen molar-refractivity contribution >= 4 is 32.0 Å². The Morgan fingerprint density at radius 1 is 0.929 bits per heavy atom. The van der Waals surface area contributed by atoms with Crippen molar-refractivity contribution < 1.29 is 17.2 Å². The van der Waals surface area contributed by atoms with Crippen LogP contribution in [-0.2, 0) is 23.1 Å². The highest BCUT2D eigenvalue weighted by atomic mass is 32.2. The van der Waals surface area contributed by atoms with Gasteiger partial charge in [-0.25, -0.2) is 26.9 Å². The van der Waals surface area contributed by atoms with Crippen molar-refractivity contribution in [1.29, 1.82) is 0 Å². The molecule has 0 spiro atoms. The Kier molecular flexibility index (Phi) is 7.22. The number of nitrogens with one attached hydrogen (secondary N) is 4. The first-order valence-corrected chi connectivity index (χ1v) is 15.0. The fourth-order valence-corrected chi connectivity index (χ4v) is 5.23. The van der Waals surface area contributed by atoms with Crippen LogP contribution in [0.3, 0.4) is 0 Å². The highest BCUT2D eigenvalue weighted by Gasteiger charge is 2.19. The summed E-state index contributed by atoms with van der Waals surface area (Å²) in [6.45, 7) is 3.41. The SMILES string of the molecule is CCNCc1cncc(-c2cc(F)c3[nH]nc(-c4nc5c(-c6cc(F)cc(CNS(C)(=O)=O)c6)nccc5[nH]4)c3c2)c1. The van der Waals surface area contributed by atoms with E-state index in [-0.39, 0.29) is 12.1 Å². The first kappa shape index (κ1) is 27.6. The zero-order valence-electron chi connectivity index (χ0n) is 22.7. The molecule has 0 atom stereocenters. The maximum Gasteiger partial charge on any atom is 0.209 e. The van der Waals surface area contributed by atoms with E-state index in [1.165, 1.54) is 18.2 Å². The lowest BCUT2D eigenvalue weighted by Crippen LogP contribution is -2.21. The van der Waals surface area contributed by atoms with Crippen molar-refractivity contribution in [3.05, 3.63) is 83.8 Å². The summed E-state index contributed by atoms with van der Waals surface area (Å²) in [7, 11) is -3.47. The van der Waals surface area contributed by atoms with E-state index in [0.29, 0.717) is 56.9 Å². The molecule has 0 aliphatic heterocycles. The van der Waals surface area contributed by atoms with E-state index >= 15 is 4.39 Å². The molecule has 0 aliphatic rings. The minimum Gasteiger partial charge on any atom is -0.336 e. The second kappa shape index (κ2) is 11.0. The Balaban J connectivity index is 1.42. The number of benzene rings is 2. The van der Waals surface area contributed by atoms with E-state index in [0.717, 1.165) is 23.9 Å². The molecule has 0 saturated heterocycles. The quantitative estimate of drug-likeness (QED) is 0.192. The number of aromatic amines is 2. The topological polar surface area (TPSA) is 141 Å². The zero-order chi connectivity index (χ0) is 29.4. The van der Waals surface area contributed by atoms with Crippen LogP contribution in [-0.4, -0.2) is 51.4 Å². The number of imidazole rings is 1. The maximum atomic E-state index is 15.2. The van der Waals surface area contributed by atoms with Crippen LogP contribution >= 0.6 is 0 Å². The van der Waals surface area contributed by atoms with Crippen LogP contribution in [0.15, 0.2) is 61.1 Å². The van der Waals surface area contributed by atoms with Crippen molar-refractivity contribution in [3.63, 3.8) is 0 Å². The molecule has 13 heteroatoms. The van der Waals surface area contributed by atoms with Crippen molar-refractivity contribution in [3.8, 4) is 33.9 Å². The van der Waals surface area contributed by atoms with Crippen LogP contribution in [0.1, 0.15) is 18.1 Å². The Bertz CT molecular complexity index is 2060. The Hall–Kier alpha value is -4.59. The third-order valence-corrected chi connectivity index (χ3v) is 7.40. The molecule has 214 valence electrons. The molecule has 4 aromatic heterocycles. The van der Waals surface area contributed by atoms with Crippen LogP contribution in [0.25, 0.3) is 55.8 Å². The number of nitrogens with zero attached hydrogens (tertiary/aromatic N) is 4. The highest BCUT2D eigenvalue weighted by Crippen LogP contribution is 2.34. The average Bonchev–Trinajstić information content (AvgIpc) is 3.59. The van der Waals surface area contributed by atoms with Gasteiger partial charge in [0.05, 0.1) is 17.5 Å². The molecule has 4 heterocycles. The van der Waals surface area contributed by atoms with Crippen molar-refractivity contribution in [2.24, 2.45) is 0 Å². The summed E-state index contributed by atoms with van der Waals surface area (Å²) in [5, 5.41) is 10.9. The van der Waals surface area contributed by atoms with Crippen molar-refractivity contribution in [2.75, 3.05) is 12.8 Å². The second-order valence-corrected chi connectivity index (χ2v) is 11.7. The molecule has 0 fully saturated rings. The van der Waals surface area contributed by atoms with Crippen LogP contribution < -0.4 is 10.0 Å². The third kappa shape index (κ3) is 5.62. The zero-order valence-corrected chi connectivity index (χ0v) is 23.5. The number of halogens is 2. The number of hydrogen-bond acceptors (Lipinski definition) is 7. The summed E-state index contributed by atoms with van der Waals surface area (Å²) < 4.78 is 55.2. The fourth-order valence-electron chi connectivity index (χ4n) is 4.80. The molecule has 6 rings (SSSR count). The molecule has 6 aromatic rings. The van der Waals surface area contributed by atoms with Crippen LogP contribution in [0.4, 0.5) is 8.78 Å². The smallest absolute Gasteiger partial charge is 0.209 e. The van der Waals surface area contributed by atoms with E-state index in [4.69, 9.17) is 4.98 Å². The predicted molar refractivity (Wildman–Crippen MR) is 157 cm³/mol. The molecule has 0 aliphatic carbocycles. The van der Waals surface area contributed by atoms with E-state index in [9.17, 15) is 12.8 Å². The lowest BCUT2D eigenvalue weighted by atomic mass is 10.0. The standard InChI is InChI=1S/C29H26F2N8O2S/c1-3-32-12-17-7-20(15-33-13-17)18-10-22-26(23(31)11-18)38-39-27(22)29-36-24-4-5-34-25(28(24)37-29)19-6-16(8-21(30)9-19)14-35-42(2,40)41/h4-11,13,15,32,35H,3,12,14H2,1-2H3,(H,36,37)(H,38,39). The minimum absolute atomic E-state index is 0.0773. The van der Waals surface area contributed by atoms with E-state index in [2.05, 4.69) is 35.2 Å². The van der Waals surface area contributed by atoms with Gasteiger partial charge in [0, 0.05) is 48.2 Å². The van der Waals surface area contributed by atoms with Crippen molar-refractivity contribution in [2.45, 2.75) is 20.0 Å². The number of rotatable bonds is 9. The lowest BCUT2D eigenvalue weighted by molar-refractivity contribution is 0.586. The van der Waals surface area contributed by atoms with Gasteiger partial charge in [-0.05, 0) is 65.7 Å². The minimum atomic E-state index is -3.47. The van der Waals surface area contributed by atoms with Gasteiger partial charge in [-0.3, -0.25) is 15.1 Å². The molecule has 0 amide bonds. The van der Waals surface area contributed by atoms with Gasteiger partial charge in [-0.1, -0.05) is 6.92 Å². The average molecular weight is 589 g/mol. The summed E-state index contributed by atoms with van der Waals surface area (Å²) >= 11 is 0. The molecule has 0 saturated carbocycles. The number of pyridine rings is 2. The van der Waals surface area contributed by atoms with Crippen LogP contribution in [0.2, 0.25) is 0 Å². The third-order valence-electron chi connectivity index (χ3n) is 6.73. The van der Waals surface area contributed by atoms with Gasteiger partial charge >= 0.3 is 0 Å². The first-order chi connectivity index (χ1) is 20.2. The summed E-state index contributed by atoms with van der Waals surface area (Å²) in [4.78, 5) is 16.7. The van der Waals surface area contributed by atoms with Gasteiger partial charge < -0.3 is 10.3 Å². The summed E-state index contributed by atoms with van der Waals surface area (Å²) in [5.74, 6) is -0.638. The maximum absolute atomic E-state index is 15.2. The largest absolute Gasteiger partial charge is 0.336 e. The van der Waals surface area contributed by atoms with E-state index in [1.54, 1.807) is 30.7 Å². The first-order valence-electron chi connectivity index (χ1n) is 13.1. The number of H-pyrrole nitrogens is 2. The predicted octanol–water partition coefficient (Wildman–Crippen LogP) is 4.67. The number of hydrogen-bond donors (Lipinski definition) is 4. The van der Waals surface area contributed by atoms with Gasteiger partial charge in [0.15, 0.2) is 5.82 Å². The highest BCUT2D eigenvalue weighted by molar-refractivity contribution is 7.88. The Labute approximate surface area is 239 Å². The lowest BCUT2D eigenvalue weighted by Gasteiger charge is -2.07. The summed E-state index contributed by atoms with van der Waals surface area (Å²) in [6.07, 6.45) is 6.06. The molecule has 0 bridgehead atoms. The van der Waals surface area contributed by atoms with Gasteiger partial charge in [-0.2, -0.15) is 5.10 Å². The molecule has 42 heavy (non-hydrogen) atoms. The van der Waals surface area contributed by atoms with Crippen molar-refractivity contribution in [1.82, 2.24) is 40.2 Å². The van der Waals surface area contributed by atoms with Crippen LogP contribution in [0, 0.1) is 11.6 Å². The normalized spacial score (nSPS) is 12.0. The Morgan fingerprint density at radius 2 is 1.76 bits per heavy atom. The van der Waals surface area contributed by atoms with Gasteiger partial charge in [0.1, 0.15) is 28.4 Å². The number of fused-ring (bicyclic) bond motifs is 2. The monoisotopic (exact) mass is 588 g/mol. The van der Waals surface area contributed by atoms with Gasteiger partial charge in [0.2, 0.25) is 10.0 Å². The molecule has 10 nitrogen and oxygen atoms in total. The summed E-state index contributed by atoms with van der Waals surface area (Å²) in [5.41, 5.74) is 5.33. The van der Waals surface area contributed by atoms with E-state index < -0.39 is 21.7 Å². The van der Waals surface area contributed by atoms with E-state index in [1.807, 2.05) is 19.1 Å². The molecule has 0 radical (unpaired) electrons. The van der Waals surface area contributed by atoms with Gasteiger partial charge in [0.25, 0.3) is 0 Å². The molecule has 2 aromatic carbocycles. The number of aromatic nitrogens is 6. The molecule has 0 unspecified atom stereocenters.